The average Bonchev–Trinajstić information content (AvgIpc) is 2.74. The number of carbonyl (C=O) groups excluding carboxylic acids is 2. The van der Waals surface area contributed by atoms with Gasteiger partial charge in [-0.25, -0.2) is 5.43 Å². The molecule has 0 aliphatic carbocycles. The summed E-state index contributed by atoms with van der Waals surface area (Å²) in [4.78, 5) is 24.0. The molecule has 0 spiro atoms. The molecule has 0 radical (unpaired) electrons. The Bertz CT molecular complexity index is 1060. The minimum atomic E-state index is -0.406. The Morgan fingerprint density at radius 2 is 1.72 bits per heavy atom. The average molecular weight is 391 g/mol. The maximum Gasteiger partial charge on any atom is 0.240 e. The lowest BCUT2D eigenvalue weighted by atomic mass is 10.0. The van der Waals surface area contributed by atoms with Gasteiger partial charge in [-0.05, 0) is 29.0 Å². The monoisotopic (exact) mass is 391 g/mol. The Morgan fingerprint density at radius 3 is 2.55 bits per heavy atom. The summed E-state index contributed by atoms with van der Waals surface area (Å²) in [5.74, 6) is -0.0980. The molecule has 0 aliphatic rings. The van der Waals surface area contributed by atoms with Crippen molar-refractivity contribution >= 4 is 34.5 Å². The summed E-state index contributed by atoms with van der Waals surface area (Å²) in [5.41, 5.74) is 3.44. The molecule has 3 aromatic carbocycles. The number of para-hydroxylation sites is 2. The molecule has 7 heteroatoms. The van der Waals surface area contributed by atoms with Gasteiger partial charge in [-0.15, -0.1) is 0 Å². The number of anilines is 1. The second kappa shape index (κ2) is 9.36. The highest BCUT2D eigenvalue weighted by Gasteiger charge is 2.10. The Balaban J connectivity index is 1.54. The third kappa shape index (κ3) is 5.10. The van der Waals surface area contributed by atoms with E-state index in [1.54, 1.807) is 36.4 Å². The number of hydrogen-bond acceptors (Lipinski definition) is 5. The van der Waals surface area contributed by atoms with E-state index in [0.29, 0.717) is 17.0 Å². The van der Waals surface area contributed by atoms with Gasteiger partial charge < -0.3 is 15.2 Å². The van der Waals surface area contributed by atoms with Crippen LogP contribution in [0.4, 0.5) is 5.69 Å². The van der Waals surface area contributed by atoms with Gasteiger partial charge in [0.25, 0.3) is 0 Å². The number of aromatic hydroxyl groups is 1. The summed E-state index contributed by atoms with van der Waals surface area (Å²) in [6.45, 7) is 0. The largest absolute Gasteiger partial charge is 0.507 e. The molecule has 0 aromatic heterocycles. The topological polar surface area (TPSA) is 100 Å². The molecule has 0 bridgehead atoms. The number of nitrogens with zero attached hydrogens (tertiary/aromatic N) is 1. The van der Waals surface area contributed by atoms with E-state index in [-0.39, 0.29) is 24.5 Å². The van der Waals surface area contributed by atoms with Crippen LogP contribution in [0.15, 0.2) is 65.8 Å². The summed E-state index contributed by atoms with van der Waals surface area (Å²) in [6, 6.07) is 18.0. The third-order valence-electron chi connectivity index (χ3n) is 4.29. The SMILES string of the molecule is COc1ccccc1NC(=O)CCC(=O)N/N=C/c1c(O)ccc2ccccc12. The minimum Gasteiger partial charge on any atom is -0.507 e. The number of fused-ring (bicyclic) bond motifs is 1. The van der Waals surface area contributed by atoms with Gasteiger partial charge in [0.2, 0.25) is 11.8 Å². The van der Waals surface area contributed by atoms with Crippen LogP contribution in [0.2, 0.25) is 0 Å². The number of ether oxygens (including phenoxy) is 1. The number of hydrazone groups is 1. The minimum absolute atomic E-state index is 0.00107. The molecule has 0 aliphatic heterocycles. The van der Waals surface area contributed by atoms with Gasteiger partial charge >= 0.3 is 0 Å². The number of methoxy groups -OCH3 is 1. The molecule has 0 saturated carbocycles. The summed E-state index contributed by atoms with van der Waals surface area (Å²) >= 11 is 0. The standard InChI is InChI=1S/C22H21N3O4/c1-29-20-9-5-4-8-18(20)24-21(27)12-13-22(28)25-23-14-17-16-7-3-2-6-15(16)10-11-19(17)26/h2-11,14,26H,12-13H2,1H3,(H,24,27)(H,25,28)/b23-14+. The van der Waals surface area contributed by atoms with Gasteiger partial charge in [0.1, 0.15) is 11.5 Å². The molecule has 3 N–H and O–H groups in total. The lowest BCUT2D eigenvalue weighted by Gasteiger charge is -2.09. The van der Waals surface area contributed by atoms with Crippen molar-refractivity contribution in [2.45, 2.75) is 12.8 Å². The lowest BCUT2D eigenvalue weighted by molar-refractivity contribution is -0.124. The van der Waals surface area contributed by atoms with Crippen LogP contribution in [0, 0.1) is 0 Å². The highest BCUT2D eigenvalue weighted by atomic mass is 16.5. The van der Waals surface area contributed by atoms with Gasteiger partial charge in [0.15, 0.2) is 0 Å². The van der Waals surface area contributed by atoms with E-state index in [4.69, 9.17) is 4.74 Å². The first-order valence-corrected chi connectivity index (χ1v) is 9.04. The number of benzene rings is 3. The van der Waals surface area contributed by atoms with Crippen molar-refractivity contribution in [2.24, 2.45) is 5.10 Å². The molecule has 0 heterocycles. The molecule has 0 saturated heterocycles. The smallest absolute Gasteiger partial charge is 0.240 e. The third-order valence-corrected chi connectivity index (χ3v) is 4.29. The molecule has 29 heavy (non-hydrogen) atoms. The number of rotatable bonds is 7. The molecule has 0 fully saturated rings. The Morgan fingerprint density at radius 1 is 1.00 bits per heavy atom. The molecule has 7 nitrogen and oxygen atoms in total. The first-order valence-electron chi connectivity index (χ1n) is 9.04. The predicted molar refractivity (Wildman–Crippen MR) is 112 cm³/mol. The van der Waals surface area contributed by atoms with Crippen LogP contribution in [-0.2, 0) is 9.59 Å². The van der Waals surface area contributed by atoms with E-state index in [0.717, 1.165) is 10.8 Å². The Labute approximate surface area is 168 Å². The first kappa shape index (κ1) is 19.9. The summed E-state index contributed by atoms with van der Waals surface area (Å²) in [6.07, 6.45) is 1.36. The van der Waals surface area contributed by atoms with Crippen LogP contribution in [0.25, 0.3) is 10.8 Å². The summed E-state index contributed by atoms with van der Waals surface area (Å²) < 4.78 is 5.17. The number of amides is 2. The normalized spacial score (nSPS) is 10.8. The van der Waals surface area contributed by atoms with E-state index in [9.17, 15) is 14.7 Å². The van der Waals surface area contributed by atoms with Crippen LogP contribution in [-0.4, -0.2) is 30.2 Å². The van der Waals surface area contributed by atoms with Gasteiger partial charge in [0, 0.05) is 18.4 Å². The zero-order chi connectivity index (χ0) is 20.6. The van der Waals surface area contributed by atoms with Gasteiger partial charge in [-0.3, -0.25) is 9.59 Å². The van der Waals surface area contributed by atoms with Crippen LogP contribution in [0.5, 0.6) is 11.5 Å². The van der Waals surface area contributed by atoms with Crippen molar-refractivity contribution < 1.29 is 19.4 Å². The van der Waals surface area contributed by atoms with Crippen molar-refractivity contribution in [2.75, 3.05) is 12.4 Å². The molecule has 148 valence electrons. The van der Waals surface area contributed by atoms with E-state index in [1.807, 2.05) is 24.3 Å². The fourth-order valence-corrected chi connectivity index (χ4v) is 2.83. The molecule has 3 rings (SSSR count). The summed E-state index contributed by atoms with van der Waals surface area (Å²) in [7, 11) is 1.52. The van der Waals surface area contributed by atoms with E-state index in [1.165, 1.54) is 13.3 Å². The molecular weight excluding hydrogens is 370 g/mol. The quantitative estimate of drug-likeness (QED) is 0.424. The van der Waals surface area contributed by atoms with Crippen LogP contribution < -0.4 is 15.5 Å². The van der Waals surface area contributed by atoms with Crippen molar-refractivity contribution in [1.82, 2.24) is 5.43 Å². The van der Waals surface area contributed by atoms with Gasteiger partial charge in [-0.1, -0.05) is 42.5 Å². The lowest BCUT2D eigenvalue weighted by Crippen LogP contribution is -2.20. The predicted octanol–water partition coefficient (Wildman–Crippen LogP) is 3.42. The first-order chi connectivity index (χ1) is 14.1. The summed E-state index contributed by atoms with van der Waals surface area (Å²) in [5, 5.41) is 18.5. The van der Waals surface area contributed by atoms with Crippen molar-refractivity contribution in [3.63, 3.8) is 0 Å². The number of nitrogens with one attached hydrogen (secondary N) is 2. The number of phenols is 1. The Hall–Kier alpha value is -3.87. The van der Waals surface area contributed by atoms with E-state index in [2.05, 4.69) is 15.8 Å². The second-order valence-electron chi connectivity index (χ2n) is 6.26. The second-order valence-corrected chi connectivity index (χ2v) is 6.26. The van der Waals surface area contributed by atoms with Crippen molar-refractivity contribution in [1.29, 1.82) is 0 Å². The highest BCUT2D eigenvalue weighted by Crippen LogP contribution is 2.25. The fraction of sp³-hybridized carbons (Fsp3) is 0.136. The molecular formula is C22H21N3O4. The molecule has 2 amide bonds. The van der Waals surface area contributed by atoms with E-state index >= 15 is 0 Å². The maximum atomic E-state index is 12.1. The molecule has 3 aromatic rings. The number of phenolic OH excluding ortho intramolecular Hbond substituents is 1. The zero-order valence-corrected chi connectivity index (χ0v) is 15.9. The maximum absolute atomic E-state index is 12.1. The Kier molecular flexibility index (Phi) is 6.42. The van der Waals surface area contributed by atoms with E-state index < -0.39 is 5.91 Å². The van der Waals surface area contributed by atoms with Gasteiger partial charge in [-0.2, -0.15) is 5.10 Å². The van der Waals surface area contributed by atoms with Crippen molar-refractivity contribution in [3.8, 4) is 11.5 Å². The number of carbonyl (C=O) groups is 2. The van der Waals surface area contributed by atoms with Crippen LogP contribution >= 0.6 is 0 Å². The van der Waals surface area contributed by atoms with Crippen LogP contribution in [0.3, 0.4) is 0 Å². The van der Waals surface area contributed by atoms with Gasteiger partial charge in [0.05, 0.1) is 19.0 Å². The highest BCUT2D eigenvalue weighted by molar-refractivity contribution is 6.02. The number of hydrogen-bond donors (Lipinski definition) is 3. The zero-order valence-electron chi connectivity index (χ0n) is 15.9. The molecule has 0 atom stereocenters. The van der Waals surface area contributed by atoms with Crippen LogP contribution in [0.1, 0.15) is 18.4 Å². The molecule has 0 unspecified atom stereocenters. The fourth-order valence-electron chi connectivity index (χ4n) is 2.83. The van der Waals surface area contributed by atoms with Crippen molar-refractivity contribution in [3.05, 3.63) is 66.2 Å².